The number of hydrogen-bond donors (Lipinski definition) is 3. The second-order valence-corrected chi connectivity index (χ2v) is 7.68. The van der Waals surface area contributed by atoms with Crippen LogP contribution in [-0.2, 0) is 10.0 Å². The molecule has 2 aromatic rings. The van der Waals surface area contributed by atoms with Crippen molar-refractivity contribution in [1.82, 2.24) is 10.6 Å². The van der Waals surface area contributed by atoms with Crippen LogP contribution in [0.2, 0.25) is 0 Å². The fourth-order valence-electron chi connectivity index (χ4n) is 2.77. The number of carbonyl (C=O) groups is 1. The van der Waals surface area contributed by atoms with Gasteiger partial charge in [-0.05, 0) is 56.3 Å². The number of nitrogens with one attached hydrogen (secondary N) is 3. The van der Waals surface area contributed by atoms with Gasteiger partial charge in [-0.1, -0.05) is 24.3 Å². The zero-order valence-corrected chi connectivity index (χ0v) is 14.6. The lowest BCUT2D eigenvalue weighted by Crippen LogP contribution is -2.42. The lowest BCUT2D eigenvalue weighted by atomic mass is 10.1. The molecule has 0 spiro atoms. The van der Waals surface area contributed by atoms with Crippen LogP contribution >= 0.6 is 0 Å². The van der Waals surface area contributed by atoms with E-state index in [1.165, 1.54) is 12.1 Å². The topological polar surface area (TPSA) is 87.3 Å². The predicted molar refractivity (Wildman–Crippen MR) is 97.1 cm³/mol. The van der Waals surface area contributed by atoms with Gasteiger partial charge < -0.3 is 10.6 Å². The van der Waals surface area contributed by atoms with Crippen molar-refractivity contribution in [2.45, 2.75) is 23.8 Å². The maximum atomic E-state index is 12.4. The number of anilines is 1. The first-order chi connectivity index (χ1) is 12.0. The number of benzene rings is 2. The van der Waals surface area contributed by atoms with Gasteiger partial charge in [0.05, 0.1) is 4.90 Å². The zero-order chi connectivity index (χ0) is 17.7. The van der Waals surface area contributed by atoms with Crippen LogP contribution in [0.4, 0.5) is 5.69 Å². The molecule has 132 valence electrons. The van der Waals surface area contributed by atoms with E-state index in [1.807, 2.05) is 0 Å². The second-order valence-electron chi connectivity index (χ2n) is 6.00. The van der Waals surface area contributed by atoms with Crippen LogP contribution in [0, 0.1) is 0 Å². The molecule has 0 aromatic heterocycles. The largest absolute Gasteiger partial charge is 0.349 e. The third-order valence-corrected chi connectivity index (χ3v) is 5.50. The van der Waals surface area contributed by atoms with E-state index in [9.17, 15) is 13.2 Å². The van der Waals surface area contributed by atoms with Crippen molar-refractivity contribution >= 4 is 21.6 Å². The van der Waals surface area contributed by atoms with Gasteiger partial charge in [0.2, 0.25) is 0 Å². The van der Waals surface area contributed by atoms with Gasteiger partial charge in [0.15, 0.2) is 0 Å². The molecule has 2 aromatic carbocycles. The van der Waals surface area contributed by atoms with Crippen molar-refractivity contribution in [2.75, 3.05) is 17.8 Å². The highest BCUT2D eigenvalue weighted by Crippen LogP contribution is 2.17. The van der Waals surface area contributed by atoms with Gasteiger partial charge in [-0.2, -0.15) is 0 Å². The average Bonchev–Trinajstić information content (AvgIpc) is 2.63. The first kappa shape index (κ1) is 17.4. The number of hydrogen-bond acceptors (Lipinski definition) is 4. The Bertz CT molecular complexity index is 832. The third-order valence-electron chi connectivity index (χ3n) is 4.10. The molecule has 25 heavy (non-hydrogen) atoms. The van der Waals surface area contributed by atoms with Gasteiger partial charge in [0, 0.05) is 17.3 Å². The molecule has 3 N–H and O–H groups in total. The summed E-state index contributed by atoms with van der Waals surface area (Å²) in [5.41, 5.74) is 0.800. The van der Waals surface area contributed by atoms with E-state index in [1.54, 1.807) is 42.5 Å². The molecule has 0 saturated carbocycles. The first-order valence-electron chi connectivity index (χ1n) is 8.24. The van der Waals surface area contributed by atoms with Crippen molar-refractivity contribution < 1.29 is 13.2 Å². The quantitative estimate of drug-likeness (QED) is 0.762. The highest BCUT2D eigenvalue weighted by atomic mass is 32.2. The predicted octanol–water partition coefficient (Wildman–Crippen LogP) is 1.97. The zero-order valence-electron chi connectivity index (χ0n) is 13.7. The molecular formula is C18H21N3O3S. The summed E-state index contributed by atoms with van der Waals surface area (Å²) in [7, 11) is -3.67. The van der Waals surface area contributed by atoms with Gasteiger partial charge >= 0.3 is 0 Å². The number of piperidine rings is 1. The van der Waals surface area contributed by atoms with Crippen LogP contribution in [0.3, 0.4) is 0 Å². The Morgan fingerprint density at radius 3 is 2.44 bits per heavy atom. The van der Waals surface area contributed by atoms with Crippen molar-refractivity contribution in [1.29, 1.82) is 0 Å². The summed E-state index contributed by atoms with van der Waals surface area (Å²) in [6.45, 7) is 1.78. The number of amides is 1. The average molecular weight is 359 g/mol. The van der Waals surface area contributed by atoms with Crippen LogP contribution in [-0.4, -0.2) is 33.5 Å². The van der Waals surface area contributed by atoms with Gasteiger partial charge in [-0.25, -0.2) is 8.42 Å². The SMILES string of the molecule is O=C(NC1CCNCC1)c1cccc(NS(=O)(=O)c2ccccc2)c1. The van der Waals surface area contributed by atoms with Crippen molar-refractivity contribution in [3.8, 4) is 0 Å². The smallest absolute Gasteiger partial charge is 0.261 e. The highest BCUT2D eigenvalue weighted by molar-refractivity contribution is 7.92. The highest BCUT2D eigenvalue weighted by Gasteiger charge is 2.18. The van der Waals surface area contributed by atoms with E-state index in [-0.39, 0.29) is 16.8 Å². The Labute approximate surface area is 147 Å². The summed E-state index contributed by atoms with van der Waals surface area (Å²) in [5.74, 6) is -0.187. The second kappa shape index (κ2) is 7.67. The maximum Gasteiger partial charge on any atom is 0.261 e. The van der Waals surface area contributed by atoms with E-state index in [0.717, 1.165) is 25.9 Å². The van der Waals surface area contributed by atoms with Gasteiger partial charge in [0.25, 0.3) is 15.9 Å². The molecule has 1 fully saturated rings. The molecule has 1 aliphatic rings. The van der Waals surface area contributed by atoms with E-state index >= 15 is 0 Å². The molecule has 6 nitrogen and oxygen atoms in total. The lowest BCUT2D eigenvalue weighted by molar-refractivity contribution is 0.0929. The van der Waals surface area contributed by atoms with Gasteiger partial charge in [-0.15, -0.1) is 0 Å². The van der Waals surface area contributed by atoms with E-state index in [4.69, 9.17) is 0 Å². The van der Waals surface area contributed by atoms with Crippen LogP contribution in [0.25, 0.3) is 0 Å². The molecule has 0 bridgehead atoms. The monoisotopic (exact) mass is 359 g/mol. The first-order valence-corrected chi connectivity index (χ1v) is 9.72. The Kier molecular flexibility index (Phi) is 5.35. The molecule has 7 heteroatoms. The van der Waals surface area contributed by atoms with Crippen LogP contribution in [0.1, 0.15) is 23.2 Å². The summed E-state index contributed by atoms with van der Waals surface area (Å²) < 4.78 is 27.3. The van der Waals surface area contributed by atoms with Crippen molar-refractivity contribution in [3.63, 3.8) is 0 Å². The molecule has 1 amide bonds. The molecule has 0 radical (unpaired) electrons. The van der Waals surface area contributed by atoms with Crippen LogP contribution < -0.4 is 15.4 Å². The Morgan fingerprint density at radius 2 is 1.72 bits per heavy atom. The van der Waals surface area contributed by atoms with Crippen LogP contribution in [0.15, 0.2) is 59.5 Å². The molecule has 0 atom stereocenters. The third kappa shape index (κ3) is 4.58. The minimum Gasteiger partial charge on any atom is -0.349 e. The standard InChI is InChI=1S/C18H21N3O3S/c22-18(20-15-9-11-19-12-10-15)14-5-4-6-16(13-14)21-25(23,24)17-7-2-1-3-8-17/h1-8,13,15,19,21H,9-12H2,(H,20,22). The number of carbonyl (C=O) groups excluding carboxylic acids is 1. The fraction of sp³-hybridized carbons (Fsp3) is 0.278. The minimum atomic E-state index is -3.67. The van der Waals surface area contributed by atoms with Gasteiger partial charge in [-0.3, -0.25) is 9.52 Å². The molecule has 1 aliphatic heterocycles. The molecule has 1 heterocycles. The van der Waals surface area contributed by atoms with Crippen molar-refractivity contribution in [3.05, 3.63) is 60.2 Å². The summed E-state index contributed by atoms with van der Waals surface area (Å²) in [5, 5.41) is 6.25. The Hall–Kier alpha value is -2.38. The number of rotatable bonds is 5. The van der Waals surface area contributed by atoms with E-state index < -0.39 is 10.0 Å². The van der Waals surface area contributed by atoms with E-state index in [0.29, 0.717) is 11.3 Å². The van der Waals surface area contributed by atoms with Crippen molar-refractivity contribution in [2.24, 2.45) is 0 Å². The molecule has 3 rings (SSSR count). The Balaban J connectivity index is 1.72. The lowest BCUT2D eigenvalue weighted by Gasteiger charge is -2.23. The van der Waals surface area contributed by atoms with E-state index in [2.05, 4.69) is 15.4 Å². The molecule has 0 aliphatic carbocycles. The van der Waals surface area contributed by atoms with Crippen LogP contribution in [0.5, 0.6) is 0 Å². The Morgan fingerprint density at radius 1 is 1.00 bits per heavy atom. The van der Waals surface area contributed by atoms with Gasteiger partial charge in [0.1, 0.15) is 0 Å². The molecule has 1 saturated heterocycles. The molecule has 0 unspecified atom stereocenters. The summed E-state index contributed by atoms with van der Waals surface area (Å²) >= 11 is 0. The number of sulfonamides is 1. The summed E-state index contributed by atoms with van der Waals surface area (Å²) in [6.07, 6.45) is 1.79. The summed E-state index contributed by atoms with van der Waals surface area (Å²) in [4.78, 5) is 12.6. The normalized spacial score (nSPS) is 15.5. The maximum absolute atomic E-state index is 12.4. The summed E-state index contributed by atoms with van der Waals surface area (Å²) in [6, 6.07) is 14.8. The molecular weight excluding hydrogens is 338 g/mol. The minimum absolute atomic E-state index is 0.151. The fourth-order valence-corrected chi connectivity index (χ4v) is 3.84.